The minimum absolute atomic E-state index is 0.209. The summed E-state index contributed by atoms with van der Waals surface area (Å²) in [6.07, 6.45) is 7.39. The second-order valence-corrected chi connectivity index (χ2v) is 8.33. The van der Waals surface area contributed by atoms with E-state index >= 15 is 0 Å². The molecule has 2 aromatic carbocycles. The maximum atomic E-state index is 14.4. The number of anilines is 1. The summed E-state index contributed by atoms with van der Waals surface area (Å²) in [5, 5.41) is 5.43. The Balaban J connectivity index is 1.71. The lowest BCUT2D eigenvalue weighted by Crippen LogP contribution is -2.40. The van der Waals surface area contributed by atoms with Gasteiger partial charge in [0.2, 0.25) is 0 Å². The number of aryl methyl sites for hydroxylation is 1. The summed E-state index contributed by atoms with van der Waals surface area (Å²) in [7, 11) is 3.48. The number of hydrogen-bond donors (Lipinski definition) is 1. The van der Waals surface area contributed by atoms with E-state index in [0.29, 0.717) is 5.75 Å². The zero-order valence-corrected chi connectivity index (χ0v) is 18.3. The summed E-state index contributed by atoms with van der Waals surface area (Å²) in [6.45, 7) is 1.68. The first-order valence-corrected chi connectivity index (χ1v) is 10.8. The van der Waals surface area contributed by atoms with Crippen LogP contribution in [0.15, 0.2) is 55.0 Å². The van der Waals surface area contributed by atoms with Gasteiger partial charge in [0.05, 0.1) is 24.5 Å². The number of halogens is 1. The van der Waals surface area contributed by atoms with Gasteiger partial charge in [0.1, 0.15) is 11.6 Å². The van der Waals surface area contributed by atoms with Gasteiger partial charge < -0.3 is 15.4 Å². The molecular formula is C25H26FN5O. The van der Waals surface area contributed by atoms with Crippen LogP contribution in [0, 0.1) is 5.82 Å². The topological polar surface area (TPSA) is 69.2 Å². The molecule has 1 aliphatic rings. The van der Waals surface area contributed by atoms with Gasteiger partial charge in [0, 0.05) is 61.2 Å². The van der Waals surface area contributed by atoms with Gasteiger partial charge in [-0.3, -0.25) is 9.67 Å². The van der Waals surface area contributed by atoms with Crippen molar-refractivity contribution in [2.45, 2.75) is 18.9 Å². The van der Waals surface area contributed by atoms with Crippen molar-refractivity contribution in [1.82, 2.24) is 14.8 Å². The molecule has 32 heavy (non-hydrogen) atoms. The fraction of sp³-hybridized carbons (Fsp3) is 0.280. The van der Waals surface area contributed by atoms with Gasteiger partial charge in [-0.15, -0.1) is 0 Å². The van der Waals surface area contributed by atoms with Crippen molar-refractivity contribution in [1.29, 1.82) is 0 Å². The van der Waals surface area contributed by atoms with Gasteiger partial charge in [-0.2, -0.15) is 5.10 Å². The number of methoxy groups -OCH3 is 1. The van der Waals surface area contributed by atoms with Crippen molar-refractivity contribution in [3.05, 3.63) is 60.8 Å². The number of ether oxygens (including phenoxy) is 1. The molecule has 164 valence electrons. The standard InChI is InChI=1S/C25H26FN5O/c1-30-24-4-3-16(9-18(24)13-29-30)22-14-28-15-23(17-10-19(26)12-21(11-17)32-2)25(22)31-7-5-20(27)6-8-31/h3-4,9-15,20H,5-8,27H2,1-2H3. The van der Waals surface area contributed by atoms with Crippen molar-refractivity contribution in [2.75, 3.05) is 25.1 Å². The van der Waals surface area contributed by atoms with E-state index < -0.39 is 0 Å². The maximum absolute atomic E-state index is 14.4. The number of benzene rings is 2. The van der Waals surface area contributed by atoms with Crippen LogP contribution >= 0.6 is 0 Å². The molecule has 0 aliphatic carbocycles. The summed E-state index contributed by atoms with van der Waals surface area (Å²) in [6, 6.07) is 11.3. The molecule has 0 radical (unpaired) electrons. The summed E-state index contributed by atoms with van der Waals surface area (Å²) in [5.41, 5.74) is 12.0. The Labute approximate surface area is 186 Å². The second kappa shape index (κ2) is 8.24. The fourth-order valence-corrected chi connectivity index (χ4v) is 4.51. The zero-order valence-electron chi connectivity index (χ0n) is 18.3. The van der Waals surface area contributed by atoms with Gasteiger partial charge in [0.25, 0.3) is 0 Å². The van der Waals surface area contributed by atoms with Crippen LogP contribution in [0.4, 0.5) is 10.1 Å². The Bertz CT molecular complexity index is 1280. The first-order valence-electron chi connectivity index (χ1n) is 10.8. The lowest BCUT2D eigenvalue weighted by atomic mass is 9.95. The van der Waals surface area contributed by atoms with Crippen molar-refractivity contribution in [3.63, 3.8) is 0 Å². The first kappa shape index (κ1) is 20.5. The molecule has 5 rings (SSSR count). The number of aromatic nitrogens is 3. The minimum Gasteiger partial charge on any atom is -0.497 e. The van der Waals surface area contributed by atoms with Crippen LogP contribution in [0.5, 0.6) is 5.75 Å². The molecule has 4 aromatic rings. The molecule has 2 aromatic heterocycles. The molecule has 7 heteroatoms. The van der Waals surface area contributed by atoms with Gasteiger partial charge in [0.15, 0.2) is 0 Å². The Hall–Kier alpha value is -3.45. The van der Waals surface area contributed by atoms with Crippen molar-refractivity contribution in [2.24, 2.45) is 12.8 Å². The van der Waals surface area contributed by atoms with Crippen LogP contribution in [0.2, 0.25) is 0 Å². The highest BCUT2D eigenvalue weighted by Gasteiger charge is 2.24. The summed E-state index contributed by atoms with van der Waals surface area (Å²) in [4.78, 5) is 6.89. The fourth-order valence-electron chi connectivity index (χ4n) is 4.51. The predicted molar refractivity (Wildman–Crippen MR) is 125 cm³/mol. The third kappa shape index (κ3) is 3.69. The largest absolute Gasteiger partial charge is 0.497 e. The van der Waals surface area contributed by atoms with Crippen LogP contribution in [0.25, 0.3) is 33.2 Å². The van der Waals surface area contributed by atoms with E-state index in [0.717, 1.165) is 64.8 Å². The van der Waals surface area contributed by atoms with Crippen LogP contribution in [0.3, 0.4) is 0 Å². The van der Waals surface area contributed by atoms with Crippen LogP contribution < -0.4 is 15.4 Å². The van der Waals surface area contributed by atoms with E-state index in [2.05, 4.69) is 33.2 Å². The first-order chi connectivity index (χ1) is 15.5. The molecule has 3 heterocycles. The second-order valence-electron chi connectivity index (χ2n) is 8.33. The molecule has 0 spiro atoms. The van der Waals surface area contributed by atoms with E-state index in [-0.39, 0.29) is 11.9 Å². The quantitative estimate of drug-likeness (QED) is 0.519. The SMILES string of the molecule is COc1cc(F)cc(-c2cncc(-c3ccc4c(cnn4C)c3)c2N2CCC(N)CC2)c1. The number of rotatable bonds is 4. The lowest BCUT2D eigenvalue weighted by molar-refractivity contribution is 0.411. The lowest BCUT2D eigenvalue weighted by Gasteiger charge is -2.35. The zero-order chi connectivity index (χ0) is 22.2. The number of piperidine rings is 1. The number of pyridine rings is 1. The van der Waals surface area contributed by atoms with E-state index in [1.54, 1.807) is 7.11 Å². The minimum atomic E-state index is -0.340. The van der Waals surface area contributed by atoms with Crippen LogP contribution in [-0.2, 0) is 7.05 Å². The van der Waals surface area contributed by atoms with Crippen LogP contribution in [-0.4, -0.2) is 41.0 Å². The number of nitrogens with two attached hydrogens (primary N) is 1. The number of nitrogens with zero attached hydrogens (tertiary/aromatic N) is 4. The molecule has 1 aliphatic heterocycles. The summed E-state index contributed by atoms with van der Waals surface area (Å²) in [5.74, 6) is 0.141. The highest BCUT2D eigenvalue weighted by atomic mass is 19.1. The van der Waals surface area contributed by atoms with Gasteiger partial charge in [-0.1, -0.05) is 6.07 Å². The molecular weight excluding hydrogens is 405 g/mol. The number of hydrogen-bond acceptors (Lipinski definition) is 5. The Kier molecular flexibility index (Phi) is 5.27. The molecule has 0 amide bonds. The van der Waals surface area contributed by atoms with Gasteiger partial charge in [-0.05, 0) is 48.2 Å². The summed E-state index contributed by atoms with van der Waals surface area (Å²) < 4.78 is 21.6. The third-order valence-electron chi connectivity index (χ3n) is 6.25. The monoisotopic (exact) mass is 431 g/mol. The number of fused-ring (bicyclic) bond motifs is 1. The predicted octanol–water partition coefficient (Wildman–Crippen LogP) is 4.38. The van der Waals surface area contributed by atoms with Crippen molar-refractivity contribution < 1.29 is 9.13 Å². The van der Waals surface area contributed by atoms with E-state index in [1.807, 2.05) is 36.4 Å². The normalized spacial score (nSPS) is 14.8. The average Bonchev–Trinajstić information content (AvgIpc) is 3.18. The Morgan fingerprint density at radius 2 is 1.75 bits per heavy atom. The summed E-state index contributed by atoms with van der Waals surface area (Å²) >= 11 is 0. The molecule has 0 atom stereocenters. The van der Waals surface area contributed by atoms with Gasteiger partial charge >= 0.3 is 0 Å². The molecule has 0 saturated carbocycles. The highest BCUT2D eigenvalue weighted by molar-refractivity contribution is 5.93. The van der Waals surface area contributed by atoms with Crippen molar-refractivity contribution in [3.8, 4) is 28.0 Å². The Morgan fingerprint density at radius 1 is 1.00 bits per heavy atom. The molecule has 6 nitrogen and oxygen atoms in total. The Morgan fingerprint density at radius 3 is 2.50 bits per heavy atom. The maximum Gasteiger partial charge on any atom is 0.127 e. The molecule has 2 N–H and O–H groups in total. The third-order valence-corrected chi connectivity index (χ3v) is 6.25. The molecule has 0 unspecified atom stereocenters. The van der Waals surface area contributed by atoms with Crippen molar-refractivity contribution >= 4 is 16.6 Å². The van der Waals surface area contributed by atoms with Gasteiger partial charge in [-0.25, -0.2) is 4.39 Å². The average molecular weight is 432 g/mol. The smallest absolute Gasteiger partial charge is 0.127 e. The van der Waals surface area contributed by atoms with E-state index in [9.17, 15) is 4.39 Å². The molecule has 0 bridgehead atoms. The molecule has 1 saturated heterocycles. The highest BCUT2D eigenvalue weighted by Crippen LogP contribution is 2.41. The molecule has 1 fully saturated rings. The van der Waals surface area contributed by atoms with E-state index in [1.165, 1.54) is 12.1 Å². The van der Waals surface area contributed by atoms with Crippen LogP contribution in [0.1, 0.15) is 12.8 Å². The van der Waals surface area contributed by atoms with E-state index in [4.69, 9.17) is 10.5 Å².